The molecule has 0 atom stereocenters. The van der Waals surface area contributed by atoms with E-state index in [1.807, 2.05) is 24.3 Å². The highest BCUT2D eigenvalue weighted by molar-refractivity contribution is 6.38. The lowest BCUT2D eigenvalue weighted by Gasteiger charge is -2.12. The van der Waals surface area contributed by atoms with Crippen LogP contribution in [0.5, 0.6) is 5.75 Å². The number of H-pyrrole nitrogens is 1. The number of hydrogen-bond donors (Lipinski definition) is 3. The minimum atomic E-state index is -0.293. The van der Waals surface area contributed by atoms with E-state index in [1.165, 1.54) is 19.1 Å². The van der Waals surface area contributed by atoms with Gasteiger partial charge in [-0.2, -0.15) is 5.10 Å². The molecule has 148 valence electrons. The number of aliphatic imine (C=N–C) groups is 1. The Bertz CT molecular complexity index is 1130. The quantitative estimate of drug-likeness (QED) is 0.268. The first-order valence-electron chi connectivity index (χ1n) is 9.64. The van der Waals surface area contributed by atoms with Gasteiger partial charge in [-0.15, -0.1) is 0 Å². The molecule has 0 aliphatic heterocycles. The van der Waals surface area contributed by atoms with E-state index in [1.54, 1.807) is 24.3 Å². The molecule has 0 radical (unpaired) electrons. The van der Waals surface area contributed by atoms with Crippen molar-refractivity contribution in [3.8, 4) is 5.75 Å². The van der Waals surface area contributed by atoms with Gasteiger partial charge >= 0.3 is 0 Å². The van der Waals surface area contributed by atoms with Gasteiger partial charge in [0.1, 0.15) is 11.5 Å². The van der Waals surface area contributed by atoms with Crippen LogP contribution in [0.4, 0.5) is 11.4 Å². The third kappa shape index (κ3) is 4.29. The number of hydrogen-bond acceptors (Lipinski definition) is 6. The van der Waals surface area contributed by atoms with Gasteiger partial charge in [-0.3, -0.25) is 9.79 Å². The Balaban J connectivity index is 1.54. The SMILES string of the molecule is NN=C(C=Nc1ccc(OC2CCCC2)cc1)c1cc2cc(N)ccc2[nH]c1=O. The first kappa shape index (κ1) is 18.7. The number of hydrazone groups is 1. The third-order valence-electron chi connectivity index (χ3n) is 5.06. The maximum atomic E-state index is 12.4. The van der Waals surface area contributed by atoms with E-state index in [0.29, 0.717) is 28.6 Å². The van der Waals surface area contributed by atoms with Crippen LogP contribution in [-0.2, 0) is 0 Å². The molecule has 1 aromatic heterocycles. The van der Waals surface area contributed by atoms with Gasteiger partial charge in [0, 0.05) is 16.6 Å². The van der Waals surface area contributed by atoms with E-state index in [9.17, 15) is 4.79 Å². The lowest BCUT2D eigenvalue weighted by molar-refractivity contribution is 0.210. The molecule has 4 rings (SSSR count). The van der Waals surface area contributed by atoms with Crippen molar-refractivity contribution in [3.05, 3.63) is 64.4 Å². The predicted molar refractivity (Wildman–Crippen MR) is 117 cm³/mol. The average Bonchev–Trinajstić information content (AvgIpc) is 3.23. The first-order valence-corrected chi connectivity index (χ1v) is 9.64. The maximum absolute atomic E-state index is 12.4. The second-order valence-electron chi connectivity index (χ2n) is 7.15. The van der Waals surface area contributed by atoms with Crippen LogP contribution >= 0.6 is 0 Å². The number of rotatable bonds is 5. The summed E-state index contributed by atoms with van der Waals surface area (Å²) in [7, 11) is 0. The minimum absolute atomic E-state index is 0.279. The fraction of sp³-hybridized carbons (Fsp3) is 0.227. The van der Waals surface area contributed by atoms with Crippen molar-refractivity contribution in [1.29, 1.82) is 0 Å². The highest BCUT2D eigenvalue weighted by atomic mass is 16.5. The summed E-state index contributed by atoms with van der Waals surface area (Å²) in [6, 6.07) is 14.5. The molecule has 0 saturated heterocycles. The number of nitrogens with zero attached hydrogens (tertiary/aromatic N) is 2. The summed E-state index contributed by atoms with van der Waals surface area (Å²) >= 11 is 0. The Labute approximate surface area is 168 Å². The lowest BCUT2D eigenvalue weighted by Crippen LogP contribution is -2.20. The molecular weight excluding hydrogens is 366 g/mol. The van der Waals surface area contributed by atoms with Gasteiger partial charge in [-0.1, -0.05) is 0 Å². The fourth-order valence-corrected chi connectivity index (χ4v) is 3.53. The molecule has 29 heavy (non-hydrogen) atoms. The number of benzene rings is 2. The molecule has 0 spiro atoms. The molecule has 2 aromatic carbocycles. The van der Waals surface area contributed by atoms with Gasteiger partial charge in [0.2, 0.25) is 0 Å². The highest BCUT2D eigenvalue weighted by Crippen LogP contribution is 2.25. The Kier molecular flexibility index (Phi) is 5.29. The van der Waals surface area contributed by atoms with Crippen LogP contribution in [-0.4, -0.2) is 23.0 Å². The normalized spacial score (nSPS) is 15.4. The van der Waals surface area contributed by atoms with E-state index in [-0.39, 0.29) is 11.3 Å². The molecule has 0 unspecified atom stereocenters. The molecule has 3 aromatic rings. The van der Waals surface area contributed by atoms with E-state index in [0.717, 1.165) is 24.0 Å². The van der Waals surface area contributed by atoms with Crippen LogP contribution in [0.2, 0.25) is 0 Å². The number of nitrogen functional groups attached to an aromatic ring is 1. The van der Waals surface area contributed by atoms with Crippen molar-refractivity contribution in [1.82, 2.24) is 4.98 Å². The summed E-state index contributed by atoms with van der Waals surface area (Å²) < 4.78 is 5.96. The zero-order valence-electron chi connectivity index (χ0n) is 16.0. The van der Waals surface area contributed by atoms with Crippen molar-refractivity contribution in [2.75, 3.05) is 5.73 Å². The number of nitrogens with one attached hydrogen (secondary N) is 1. The van der Waals surface area contributed by atoms with Crippen LogP contribution in [0.15, 0.2) is 63.4 Å². The van der Waals surface area contributed by atoms with Crippen LogP contribution in [0.1, 0.15) is 31.2 Å². The van der Waals surface area contributed by atoms with Crippen molar-refractivity contribution in [2.24, 2.45) is 15.9 Å². The van der Waals surface area contributed by atoms with E-state index in [2.05, 4.69) is 15.1 Å². The maximum Gasteiger partial charge on any atom is 0.258 e. The van der Waals surface area contributed by atoms with Crippen LogP contribution in [0.3, 0.4) is 0 Å². The Morgan fingerprint density at radius 1 is 1.10 bits per heavy atom. The number of anilines is 1. The van der Waals surface area contributed by atoms with Gasteiger partial charge < -0.3 is 21.3 Å². The predicted octanol–water partition coefficient (Wildman–Crippen LogP) is 3.50. The number of aromatic nitrogens is 1. The fourth-order valence-electron chi connectivity index (χ4n) is 3.53. The van der Waals surface area contributed by atoms with Crippen LogP contribution in [0, 0.1) is 0 Å². The molecule has 1 fully saturated rings. The van der Waals surface area contributed by atoms with Crippen molar-refractivity contribution < 1.29 is 4.74 Å². The number of fused-ring (bicyclic) bond motifs is 1. The first-order chi connectivity index (χ1) is 14.1. The smallest absolute Gasteiger partial charge is 0.258 e. The Hall–Kier alpha value is -3.61. The van der Waals surface area contributed by atoms with Crippen LogP contribution < -0.4 is 21.9 Å². The monoisotopic (exact) mass is 389 g/mol. The molecular formula is C22H23N5O2. The second kappa shape index (κ2) is 8.18. The van der Waals surface area contributed by atoms with E-state index >= 15 is 0 Å². The largest absolute Gasteiger partial charge is 0.490 e. The standard InChI is InChI=1S/C22H23N5O2/c23-15-5-10-20-14(11-15)12-19(22(28)26-20)21(27-24)13-25-16-6-8-18(9-7-16)29-17-3-1-2-4-17/h5-13,17H,1-4,23-24H2,(H,26,28). The molecule has 1 heterocycles. The topological polar surface area (TPSA) is 119 Å². The molecule has 5 N–H and O–H groups in total. The zero-order valence-corrected chi connectivity index (χ0v) is 16.0. The van der Waals surface area contributed by atoms with Crippen LogP contribution in [0.25, 0.3) is 10.9 Å². The third-order valence-corrected chi connectivity index (χ3v) is 5.06. The molecule has 1 saturated carbocycles. The minimum Gasteiger partial charge on any atom is -0.490 e. The number of aromatic amines is 1. The Morgan fingerprint density at radius 2 is 1.86 bits per heavy atom. The van der Waals surface area contributed by atoms with Crippen molar-refractivity contribution >= 4 is 34.2 Å². The van der Waals surface area contributed by atoms with Gasteiger partial charge in [0.25, 0.3) is 5.56 Å². The summed E-state index contributed by atoms with van der Waals surface area (Å²) in [6.07, 6.45) is 6.48. The highest BCUT2D eigenvalue weighted by Gasteiger charge is 2.16. The average molecular weight is 389 g/mol. The zero-order chi connectivity index (χ0) is 20.2. The summed E-state index contributed by atoms with van der Waals surface area (Å²) in [5.41, 5.74) is 8.17. The molecule has 0 bridgehead atoms. The van der Waals surface area contributed by atoms with Gasteiger partial charge in [0.05, 0.1) is 23.6 Å². The number of pyridine rings is 1. The van der Waals surface area contributed by atoms with Gasteiger partial charge in [-0.25, -0.2) is 0 Å². The summed E-state index contributed by atoms with van der Waals surface area (Å²) in [5, 5.41) is 4.53. The molecule has 0 amide bonds. The second-order valence-corrected chi connectivity index (χ2v) is 7.15. The molecule has 1 aliphatic carbocycles. The van der Waals surface area contributed by atoms with Gasteiger partial charge in [0.15, 0.2) is 0 Å². The van der Waals surface area contributed by atoms with E-state index in [4.69, 9.17) is 16.3 Å². The lowest BCUT2D eigenvalue weighted by atomic mass is 10.1. The summed E-state index contributed by atoms with van der Waals surface area (Å²) in [4.78, 5) is 19.6. The number of nitrogens with two attached hydrogens (primary N) is 2. The number of ether oxygens (including phenoxy) is 1. The molecule has 7 nitrogen and oxygen atoms in total. The van der Waals surface area contributed by atoms with Crippen molar-refractivity contribution in [3.63, 3.8) is 0 Å². The summed E-state index contributed by atoms with van der Waals surface area (Å²) in [6.45, 7) is 0. The van der Waals surface area contributed by atoms with Crippen molar-refractivity contribution in [2.45, 2.75) is 31.8 Å². The van der Waals surface area contributed by atoms with E-state index < -0.39 is 0 Å². The molecule has 1 aliphatic rings. The molecule has 7 heteroatoms. The van der Waals surface area contributed by atoms with Gasteiger partial charge in [-0.05, 0) is 74.2 Å². The Morgan fingerprint density at radius 3 is 2.59 bits per heavy atom. The summed E-state index contributed by atoms with van der Waals surface area (Å²) in [5.74, 6) is 6.37.